The average molecular weight is 475 g/mol. The summed E-state index contributed by atoms with van der Waals surface area (Å²) in [4.78, 5) is 35.6. The molecular weight excluding hydrogens is 454 g/mol. The Kier molecular flexibility index (Phi) is 8.70. The fraction of sp³-hybridized carbons (Fsp3) is 0.462. The molecule has 11 nitrogen and oxygen atoms in total. The summed E-state index contributed by atoms with van der Waals surface area (Å²) < 4.78 is 32.5. The predicted octanol–water partition coefficient (Wildman–Crippen LogP) is -1.85. The van der Waals surface area contributed by atoms with Crippen LogP contribution in [0, 0.1) is 20.8 Å². The first-order valence-electron chi connectivity index (χ1n) is 7.69. The molecule has 0 bridgehead atoms. The summed E-state index contributed by atoms with van der Waals surface area (Å²) in [6.07, 6.45) is 1.94. The number of nitrogens with zero attached hydrogens (tertiary/aromatic N) is 3. The van der Waals surface area contributed by atoms with E-state index in [0.717, 1.165) is 21.1 Å². The fourth-order valence-corrected chi connectivity index (χ4v) is 5.07. The molecule has 5 N–H and O–H groups in total. The average Bonchev–Trinajstić information content (AvgIpc) is 2.74. The van der Waals surface area contributed by atoms with Gasteiger partial charge in [0.25, 0.3) is 0 Å². The molecule has 0 fully saturated rings. The van der Waals surface area contributed by atoms with Gasteiger partial charge in [-0.15, -0.1) is 0 Å². The van der Waals surface area contributed by atoms with Gasteiger partial charge in [-0.05, 0) is 6.92 Å². The Balaban J connectivity index is 0.00000392. The zero-order valence-electron chi connectivity index (χ0n) is 15.3. The van der Waals surface area contributed by atoms with Crippen LogP contribution in [-0.2, 0) is 30.9 Å². The predicted molar refractivity (Wildman–Crippen MR) is 96.9 cm³/mol. The third kappa shape index (κ3) is 7.14. The molecule has 2 aromatic heterocycles. The van der Waals surface area contributed by atoms with Gasteiger partial charge in [-0.2, -0.15) is 8.88 Å². The van der Waals surface area contributed by atoms with Crippen LogP contribution in [0.4, 0.5) is 5.82 Å². The Bertz CT molecular complexity index is 936. The normalized spacial score (nSPS) is 13.8. The fourth-order valence-electron chi connectivity index (χ4n) is 2.37. The van der Waals surface area contributed by atoms with Gasteiger partial charge in [0, 0.05) is 26.5 Å². The van der Waals surface area contributed by atoms with Crippen molar-refractivity contribution in [2.45, 2.75) is 33.7 Å². The molecule has 158 valence electrons. The van der Waals surface area contributed by atoms with Crippen molar-refractivity contribution in [1.82, 2.24) is 9.97 Å². The van der Waals surface area contributed by atoms with Gasteiger partial charge in [-0.25, -0.2) is 19.1 Å². The van der Waals surface area contributed by atoms with Crippen LogP contribution in [0.5, 0.6) is 0 Å². The standard InChI is InChI=1S/C13H20N4O7P2S.ClH/c1-8-12(4-5-23-26(21,22)24-25(18,19)20)27-10(3)17(8)7-11-6-15-9(2)16-13(11)14;/h6H,4-5,7H2,1-3H3,(H4-,14,15,16,18,19,20,21,22);1H. The highest BCUT2D eigenvalue weighted by Crippen LogP contribution is 2.57. The van der Waals surface area contributed by atoms with Gasteiger partial charge < -0.3 is 32.8 Å². The number of rotatable bonds is 8. The van der Waals surface area contributed by atoms with E-state index < -0.39 is 15.6 Å². The minimum atomic E-state index is -5.12. The molecule has 1 atom stereocenters. The van der Waals surface area contributed by atoms with Crippen molar-refractivity contribution in [3.05, 3.63) is 33.2 Å². The molecule has 28 heavy (non-hydrogen) atoms. The quantitative estimate of drug-likeness (QED) is 0.252. The number of phosphoric acid groups is 2. The van der Waals surface area contributed by atoms with Crippen molar-refractivity contribution >= 4 is 32.8 Å². The second-order valence-corrected chi connectivity index (χ2v) is 9.78. The summed E-state index contributed by atoms with van der Waals surface area (Å²) in [6.45, 7) is 5.78. The molecule has 2 rings (SSSR count). The number of hydrogen-bond donors (Lipinski definition) is 4. The van der Waals surface area contributed by atoms with Crippen LogP contribution in [-0.4, -0.2) is 31.3 Å². The molecule has 15 heteroatoms. The maximum Gasteiger partial charge on any atom is 0.481 e. The zero-order valence-corrected chi connectivity index (χ0v) is 18.6. The van der Waals surface area contributed by atoms with Gasteiger partial charge in [-0.1, -0.05) is 11.3 Å². The maximum absolute atomic E-state index is 11.5. The molecule has 2 heterocycles. The zero-order chi connectivity index (χ0) is 20.4. The molecule has 0 aliphatic heterocycles. The van der Waals surface area contributed by atoms with Crippen molar-refractivity contribution < 1.29 is 49.6 Å². The molecule has 0 amide bonds. The Hall–Kier alpha value is -0.940. The molecule has 0 aromatic carbocycles. The highest BCUT2D eigenvalue weighted by atomic mass is 35.5. The number of halogens is 1. The Morgan fingerprint density at radius 2 is 1.89 bits per heavy atom. The van der Waals surface area contributed by atoms with E-state index in [2.05, 4.69) is 18.8 Å². The third-order valence-corrected chi connectivity index (χ3v) is 7.05. The van der Waals surface area contributed by atoms with E-state index in [1.807, 2.05) is 18.4 Å². The Labute approximate surface area is 171 Å². The molecule has 0 aliphatic rings. The SMILES string of the molecule is Cc1ncc(C[n+]2c(C)sc(CCOP(=O)(O)OP(=O)(O)O)c2C)c(N)n1.[Cl-]. The molecule has 0 radical (unpaired) electrons. The largest absolute Gasteiger partial charge is 1.00 e. The summed E-state index contributed by atoms with van der Waals surface area (Å²) in [5.74, 6) is 0.990. The lowest BCUT2D eigenvalue weighted by molar-refractivity contribution is -0.695. The van der Waals surface area contributed by atoms with Crippen LogP contribution in [0.15, 0.2) is 6.20 Å². The van der Waals surface area contributed by atoms with Crippen molar-refractivity contribution in [2.75, 3.05) is 12.3 Å². The van der Waals surface area contributed by atoms with E-state index >= 15 is 0 Å². The van der Waals surface area contributed by atoms with Crippen LogP contribution in [0.1, 0.15) is 27.0 Å². The molecule has 0 aliphatic carbocycles. The van der Waals surface area contributed by atoms with Gasteiger partial charge in [-0.3, -0.25) is 4.52 Å². The van der Waals surface area contributed by atoms with Crippen LogP contribution < -0.4 is 22.7 Å². The van der Waals surface area contributed by atoms with Crippen molar-refractivity contribution in [1.29, 1.82) is 0 Å². The first-order chi connectivity index (χ1) is 12.4. The van der Waals surface area contributed by atoms with Crippen LogP contribution in [0.25, 0.3) is 0 Å². The van der Waals surface area contributed by atoms with Gasteiger partial charge in [0.05, 0.1) is 17.0 Å². The lowest BCUT2D eigenvalue weighted by Gasteiger charge is -2.11. The lowest BCUT2D eigenvalue weighted by atomic mass is 10.2. The van der Waals surface area contributed by atoms with E-state index in [-0.39, 0.29) is 25.4 Å². The first kappa shape index (κ1) is 25.1. The summed E-state index contributed by atoms with van der Waals surface area (Å²) in [7, 11) is -9.96. The molecule has 0 spiro atoms. The minimum Gasteiger partial charge on any atom is -1.00 e. The van der Waals surface area contributed by atoms with Crippen molar-refractivity contribution in [3.8, 4) is 0 Å². The number of nitrogens with two attached hydrogens (primary N) is 1. The van der Waals surface area contributed by atoms with E-state index in [1.165, 1.54) is 11.3 Å². The molecule has 1 unspecified atom stereocenters. The topological polar surface area (TPSA) is 169 Å². The minimum absolute atomic E-state index is 0. The second-order valence-electron chi connectivity index (χ2n) is 5.67. The number of anilines is 1. The van der Waals surface area contributed by atoms with Crippen LogP contribution >= 0.6 is 27.0 Å². The third-order valence-electron chi connectivity index (χ3n) is 3.60. The van der Waals surface area contributed by atoms with Gasteiger partial charge in [0.15, 0.2) is 12.2 Å². The van der Waals surface area contributed by atoms with Crippen molar-refractivity contribution in [2.24, 2.45) is 0 Å². The van der Waals surface area contributed by atoms with Crippen LogP contribution in [0.2, 0.25) is 0 Å². The Morgan fingerprint density at radius 1 is 1.25 bits per heavy atom. The maximum atomic E-state index is 11.5. The van der Waals surface area contributed by atoms with Gasteiger partial charge in [0.2, 0.25) is 5.01 Å². The Morgan fingerprint density at radius 3 is 2.46 bits per heavy atom. The van der Waals surface area contributed by atoms with E-state index in [1.54, 1.807) is 13.1 Å². The molecular formula is C13H21ClN4O7P2S. The van der Waals surface area contributed by atoms with E-state index in [9.17, 15) is 14.0 Å². The molecule has 2 aromatic rings. The van der Waals surface area contributed by atoms with Gasteiger partial charge in [0.1, 0.15) is 11.6 Å². The monoisotopic (exact) mass is 474 g/mol. The number of nitrogen functional groups attached to an aromatic ring is 1. The lowest BCUT2D eigenvalue weighted by Crippen LogP contribution is -3.00. The van der Waals surface area contributed by atoms with Crippen LogP contribution in [0.3, 0.4) is 0 Å². The molecule has 0 saturated heterocycles. The molecule has 0 saturated carbocycles. The number of aryl methyl sites for hydroxylation is 2. The summed E-state index contributed by atoms with van der Waals surface area (Å²) in [5, 5.41) is 0.973. The second kappa shape index (κ2) is 9.71. The summed E-state index contributed by atoms with van der Waals surface area (Å²) >= 11 is 1.47. The highest BCUT2D eigenvalue weighted by Gasteiger charge is 2.32. The smallest absolute Gasteiger partial charge is 0.481 e. The number of aromatic nitrogens is 3. The summed E-state index contributed by atoms with van der Waals surface area (Å²) in [6, 6.07) is 0. The number of hydrogen-bond acceptors (Lipinski definition) is 8. The highest BCUT2D eigenvalue weighted by molar-refractivity contribution is 7.60. The van der Waals surface area contributed by atoms with Gasteiger partial charge >= 0.3 is 15.6 Å². The summed E-state index contributed by atoms with van der Waals surface area (Å²) in [5.41, 5.74) is 7.61. The van der Waals surface area contributed by atoms with Crippen molar-refractivity contribution in [3.63, 3.8) is 0 Å². The number of phosphoric ester groups is 1. The van der Waals surface area contributed by atoms with E-state index in [4.69, 9.17) is 15.5 Å². The first-order valence-corrected chi connectivity index (χ1v) is 11.5. The van der Waals surface area contributed by atoms with E-state index in [0.29, 0.717) is 18.2 Å². The number of thiazole rings is 1.